The minimum Gasteiger partial charge on any atom is -0.454 e. The first-order valence-electron chi connectivity index (χ1n) is 7.29. The zero-order valence-corrected chi connectivity index (χ0v) is 12.2. The maximum atomic E-state index is 11.3. The number of nitrogens with zero attached hydrogens (tertiary/aromatic N) is 1. The molecule has 2 atom stereocenters. The van der Waals surface area contributed by atoms with Gasteiger partial charge in [-0.1, -0.05) is 6.07 Å². The zero-order valence-electron chi connectivity index (χ0n) is 12.2. The number of hydrogen-bond acceptors (Lipinski definition) is 5. The Morgan fingerprint density at radius 1 is 1.48 bits per heavy atom. The standard InChI is InChI=1S/C15H21N3O3/c1-10(11-2-3-13-14(6-11)21-9-20-13)18-5-4-17-8-12(18)7-15(16)19/h2-3,6,10,12,17H,4-5,7-9H2,1H3,(H2,16,19). The van der Waals surface area contributed by atoms with Gasteiger partial charge >= 0.3 is 0 Å². The van der Waals surface area contributed by atoms with Crippen molar-refractivity contribution in [1.82, 2.24) is 10.2 Å². The van der Waals surface area contributed by atoms with Crippen molar-refractivity contribution < 1.29 is 14.3 Å². The van der Waals surface area contributed by atoms with Crippen LogP contribution in [0.3, 0.4) is 0 Å². The number of carbonyl (C=O) groups is 1. The zero-order chi connectivity index (χ0) is 14.8. The molecule has 0 radical (unpaired) electrons. The maximum Gasteiger partial charge on any atom is 0.231 e. The second-order valence-electron chi connectivity index (χ2n) is 5.55. The Morgan fingerprint density at radius 3 is 3.10 bits per heavy atom. The van der Waals surface area contributed by atoms with Crippen molar-refractivity contribution in [3.8, 4) is 11.5 Å². The first-order valence-corrected chi connectivity index (χ1v) is 7.29. The highest BCUT2D eigenvalue weighted by Gasteiger charge is 2.29. The number of primary amides is 1. The summed E-state index contributed by atoms with van der Waals surface area (Å²) in [6.45, 7) is 5.04. The van der Waals surface area contributed by atoms with Crippen LogP contribution >= 0.6 is 0 Å². The van der Waals surface area contributed by atoms with Crippen LogP contribution in [0.4, 0.5) is 0 Å². The second kappa shape index (κ2) is 5.91. The summed E-state index contributed by atoms with van der Waals surface area (Å²) in [6, 6.07) is 6.36. The molecule has 6 heteroatoms. The quantitative estimate of drug-likeness (QED) is 0.850. The van der Waals surface area contributed by atoms with Gasteiger partial charge in [0.05, 0.1) is 0 Å². The summed E-state index contributed by atoms with van der Waals surface area (Å²) in [6.07, 6.45) is 0.377. The number of rotatable bonds is 4. The monoisotopic (exact) mass is 291 g/mol. The summed E-state index contributed by atoms with van der Waals surface area (Å²) >= 11 is 0. The third-order valence-corrected chi connectivity index (χ3v) is 4.21. The number of nitrogens with two attached hydrogens (primary N) is 1. The number of benzene rings is 1. The Kier molecular flexibility index (Phi) is 3.98. The van der Waals surface area contributed by atoms with E-state index in [1.807, 2.05) is 12.1 Å². The van der Waals surface area contributed by atoms with E-state index in [4.69, 9.17) is 15.2 Å². The number of carbonyl (C=O) groups excluding carboxylic acids is 1. The Hall–Kier alpha value is -1.79. The van der Waals surface area contributed by atoms with Crippen LogP contribution in [-0.4, -0.2) is 43.3 Å². The van der Waals surface area contributed by atoms with E-state index < -0.39 is 0 Å². The first-order chi connectivity index (χ1) is 10.1. The first kappa shape index (κ1) is 14.2. The van der Waals surface area contributed by atoms with E-state index >= 15 is 0 Å². The smallest absolute Gasteiger partial charge is 0.231 e. The average Bonchev–Trinajstić information content (AvgIpc) is 2.94. The number of ether oxygens (including phenoxy) is 2. The maximum absolute atomic E-state index is 11.3. The molecule has 1 saturated heterocycles. The average molecular weight is 291 g/mol. The highest BCUT2D eigenvalue weighted by Crippen LogP contribution is 2.36. The van der Waals surface area contributed by atoms with Crippen LogP contribution in [0.5, 0.6) is 11.5 Å². The Morgan fingerprint density at radius 2 is 2.29 bits per heavy atom. The van der Waals surface area contributed by atoms with E-state index in [9.17, 15) is 4.79 Å². The minimum absolute atomic E-state index is 0.136. The van der Waals surface area contributed by atoms with Gasteiger partial charge < -0.3 is 20.5 Å². The van der Waals surface area contributed by atoms with Gasteiger partial charge in [0.25, 0.3) is 0 Å². The van der Waals surface area contributed by atoms with E-state index in [2.05, 4.69) is 23.2 Å². The molecule has 1 aromatic carbocycles. The lowest BCUT2D eigenvalue weighted by molar-refractivity contribution is -0.119. The van der Waals surface area contributed by atoms with E-state index in [0.717, 1.165) is 36.7 Å². The molecule has 114 valence electrons. The fraction of sp³-hybridized carbons (Fsp3) is 0.533. The summed E-state index contributed by atoms with van der Waals surface area (Å²) < 4.78 is 10.8. The molecule has 1 amide bonds. The number of nitrogens with one attached hydrogen (secondary N) is 1. The predicted octanol–water partition coefficient (Wildman–Crippen LogP) is 0.625. The van der Waals surface area contributed by atoms with Crippen LogP contribution in [0.15, 0.2) is 18.2 Å². The van der Waals surface area contributed by atoms with Gasteiger partial charge in [-0.25, -0.2) is 0 Å². The molecule has 3 rings (SSSR count). The minimum atomic E-state index is -0.258. The van der Waals surface area contributed by atoms with Gasteiger partial charge in [-0.3, -0.25) is 9.69 Å². The highest BCUT2D eigenvalue weighted by molar-refractivity contribution is 5.74. The van der Waals surface area contributed by atoms with Gasteiger partial charge in [0, 0.05) is 38.1 Å². The molecular formula is C15H21N3O3. The van der Waals surface area contributed by atoms with Crippen LogP contribution in [-0.2, 0) is 4.79 Å². The molecule has 3 N–H and O–H groups in total. The molecule has 2 aliphatic rings. The molecule has 6 nitrogen and oxygen atoms in total. The van der Waals surface area contributed by atoms with Gasteiger partial charge in [0.2, 0.25) is 12.7 Å². The van der Waals surface area contributed by atoms with E-state index in [1.165, 1.54) is 0 Å². The van der Waals surface area contributed by atoms with Crippen molar-refractivity contribution >= 4 is 5.91 Å². The SMILES string of the molecule is CC(c1ccc2c(c1)OCO2)N1CCNCC1CC(N)=O. The third kappa shape index (κ3) is 2.96. The van der Waals surface area contributed by atoms with Crippen LogP contribution in [0, 0.1) is 0 Å². The van der Waals surface area contributed by atoms with Gasteiger partial charge in [0.1, 0.15) is 0 Å². The molecule has 2 unspecified atom stereocenters. The topological polar surface area (TPSA) is 76.8 Å². The Labute approximate surface area is 124 Å². The lowest BCUT2D eigenvalue weighted by atomic mass is 10.0. The molecule has 1 aromatic rings. The Bertz CT molecular complexity index is 535. The van der Waals surface area contributed by atoms with Crippen molar-refractivity contribution in [2.24, 2.45) is 5.73 Å². The van der Waals surface area contributed by atoms with E-state index in [0.29, 0.717) is 6.42 Å². The molecule has 21 heavy (non-hydrogen) atoms. The lowest BCUT2D eigenvalue weighted by Crippen LogP contribution is -2.53. The molecule has 0 spiro atoms. The fourth-order valence-corrected chi connectivity index (χ4v) is 3.07. The molecule has 0 aromatic heterocycles. The van der Waals surface area contributed by atoms with Gasteiger partial charge in [-0.2, -0.15) is 0 Å². The van der Waals surface area contributed by atoms with Crippen molar-refractivity contribution in [3.63, 3.8) is 0 Å². The van der Waals surface area contributed by atoms with Crippen LogP contribution in [0.25, 0.3) is 0 Å². The number of hydrogen-bond donors (Lipinski definition) is 2. The van der Waals surface area contributed by atoms with Crippen molar-refractivity contribution in [2.75, 3.05) is 26.4 Å². The van der Waals surface area contributed by atoms with Crippen molar-refractivity contribution in [3.05, 3.63) is 23.8 Å². The molecule has 0 bridgehead atoms. The largest absolute Gasteiger partial charge is 0.454 e. The Balaban J connectivity index is 1.78. The molecule has 0 saturated carbocycles. The van der Waals surface area contributed by atoms with Crippen molar-refractivity contribution in [1.29, 1.82) is 0 Å². The van der Waals surface area contributed by atoms with Crippen LogP contribution < -0.4 is 20.5 Å². The van der Waals surface area contributed by atoms with Gasteiger partial charge in [-0.05, 0) is 24.6 Å². The second-order valence-corrected chi connectivity index (χ2v) is 5.55. The summed E-state index contributed by atoms with van der Waals surface area (Å²) in [5.74, 6) is 1.33. The fourth-order valence-electron chi connectivity index (χ4n) is 3.07. The van der Waals surface area contributed by atoms with Gasteiger partial charge in [0.15, 0.2) is 11.5 Å². The molecule has 2 heterocycles. The molecule has 1 fully saturated rings. The van der Waals surface area contributed by atoms with E-state index in [1.54, 1.807) is 0 Å². The van der Waals surface area contributed by atoms with Gasteiger partial charge in [-0.15, -0.1) is 0 Å². The molecule has 0 aliphatic carbocycles. The number of piperazine rings is 1. The lowest BCUT2D eigenvalue weighted by Gasteiger charge is -2.40. The molecular weight excluding hydrogens is 270 g/mol. The third-order valence-electron chi connectivity index (χ3n) is 4.21. The normalized spacial score (nSPS) is 23.0. The highest BCUT2D eigenvalue weighted by atomic mass is 16.7. The number of fused-ring (bicyclic) bond motifs is 1. The molecule has 2 aliphatic heterocycles. The summed E-state index contributed by atoms with van der Waals surface area (Å²) in [5, 5.41) is 3.32. The number of amides is 1. The summed E-state index contributed by atoms with van der Waals surface area (Å²) in [5.41, 5.74) is 6.53. The predicted molar refractivity (Wildman–Crippen MR) is 78.2 cm³/mol. The van der Waals surface area contributed by atoms with Crippen LogP contribution in [0.2, 0.25) is 0 Å². The van der Waals surface area contributed by atoms with E-state index in [-0.39, 0.29) is 24.8 Å². The van der Waals surface area contributed by atoms with Crippen LogP contribution in [0.1, 0.15) is 24.9 Å². The summed E-state index contributed by atoms with van der Waals surface area (Å²) in [4.78, 5) is 13.6. The van der Waals surface area contributed by atoms with Crippen molar-refractivity contribution in [2.45, 2.75) is 25.4 Å². The summed E-state index contributed by atoms with van der Waals surface area (Å²) in [7, 11) is 0.